The van der Waals surface area contributed by atoms with Crippen molar-refractivity contribution >= 4 is 11.5 Å². The first-order valence-electron chi connectivity index (χ1n) is 4.24. The molecule has 0 unspecified atom stereocenters. The van der Waals surface area contributed by atoms with Crippen LogP contribution in [0.5, 0.6) is 0 Å². The summed E-state index contributed by atoms with van der Waals surface area (Å²) < 4.78 is 37.9. The van der Waals surface area contributed by atoms with Crippen molar-refractivity contribution in [1.29, 1.82) is 0 Å². The highest BCUT2D eigenvalue weighted by molar-refractivity contribution is 5.45. The van der Waals surface area contributed by atoms with Gasteiger partial charge in [0.25, 0.3) is 5.56 Å². The number of alkyl halides is 3. The van der Waals surface area contributed by atoms with Crippen molar-refractivity contribution in [1.82, 2.24) is 9.38 Å². The van der Waals surface area contributed by atoms with Gasteiger partial charge in [0.15, 0.2) is 0 Å². The summed E-state index contributed by atoms with van der Waals surface area (Å²) in [4.78, 5) is 15.1. The van der Waals surface area contributed by atoms with E-state index in [1.165, 1.54) is 0 Å². The molecule has 0 saturated carbocycles. The van der Waals surface area contributed by atoms with Crippen molar-refractivity contribution in [2.24, 2.45) is 0 Å². The molecule has 16 heavy (non-hydrogen) atoms. The number of halogens is 3. The van der Waals surface area contributed by atoms with Gasteiger partial charge in [0.1, 0.15) is 11.5 Å². The number of nitrogens with two attached hydrogens (primary N) is 1. The van der Waals surface area contributed by atoms with Crippen LogP contribution in [0.4, 0.5) is 19.0 Å². The van der Waals surface area contributed by atoms with Crippen LogP contribution in [0.2, 0.25) is 0 Å². The summed E-state index contributed by atoms with van der Waals surface area (Å²) in [5.41, 5.74) is 3.83. The van der Waals surface area contributed by atoms with E-state index in [-0.39, 0.29) is 11.5 Å². The summed E-state index contributed by atoms with van der Waals surface area (Å²) in [7, 11) is 0. The number of nitrogens with zero attached hydrogens (tertiary/aromatic N) is 2. The molecule has 0 aliphatic heterocycles. The molecule has 0 radical (unpaired) electrons. The monoisotopic (exact) mass is 229 g/mol. The van der Waals surface area contributed by atoms with Crippen LogP contribution < -0.4 is 11.3 Å². The Balaban J connectivity index is 2.77. The average molecular weight is 229 g/mol. The molecule has 0 aliphatic rings. The van der Waals surface area contributed by atoms with Crippen molar-refractivity contribution < 1.29 is 13.2 Å². The van der Waals surface area contributed by atoms with E-state index < -0.39 is 17.3 Å². The van der Waals surface area contributed by atoms with Crippen LogP contribution >= 0.6 is 0 Å². The highest BCUT2D eigenvalue weighted by Crippen LogP contribution is 2.28. The zero-order valence-electron chi connectivity index (χ0n) is 7.82. The maximum Gasteiger partial charge on any atom is 0.417 e. The predicted octanol–water partition coefficient (Wildman–Crippen LogP) is 1.30. The fraction of sp³-hybridized carbons (Fsp3) is 0.111. The van der Waals surface area contributed by atoms with E-state index in [1.54, 1.807) is 0 Å². The number of anilines is 1. The van der Waals surface area contributed by atoms with E-state index >= 15 is 0 Å². The highest BCUT2D eigenvalue weighted by atomic mass is 19.4. The van der Waals surface area contributed by atoms with Crippen LogP contribution in [-0.2, 0) is 6.18 Å². The van der Waals surface area contributed by atoms with E-state index in [4.69, 9.17) is 5.73 Å². The second kappa shape index (κ2) is 3.22. The Morgan fingerprint density at radius 1 is 1.31 bits per heavy atom. The zero-order chi connectivity index (χ0) is 11.9. The molecule has 2 heterocycles. The number of hydrogen-bond donors (Lipinski definition) is 1. The Bertz CT molecular complexity index is 603. The van der Waals surface area contributed by atoms with Crippen LogP contribution in [-0.4, -0.2) is 9.38 Å². The van der Waals surface area contributed by atoms with Gasteiger partial charge in [-0.1, -0.05) is 0 Å². The van der Waals surface area contributed by atoms with Crippen molar-refractivity contribution in [2.45, 2.75) is 6.18 Å². The average Bonchev–Trinajstić information content (AvgIpc) is 2.15. The van der Waals surface area contributed by atoms with Gasteiger partial charge in [0.05, 0.1) is 5.56 Å². The molecule has 2 rings (SSSR count). The second-order valence-corrected chi connectivity index (χ2v) is 3.16. The SMILES string of the molecule is Nc1cc(=O)n2cc(C(F)(F)F)ccc2n1. The lowest BCUT2D eigenvalue weighted by Gasteiger charge is -2.08. The van der Waals surface area contributed by atoms with Crippen molar-refractivity contribution in [3.63, 3.8) is 0 Å². The molecule has 84 valence electrons. The molecule has 0 aliphatic carbocycles. The summed E-state index contributed by atoms with van der Waals surface area (Å²) in [6.07, 6.45) is -3.79. The maximum atomic E-state index is 12.4. The number of rotatable bonds is 0. The highest BCUT2D eigenvalue weighted by Gasteiger charge is 2.30. The normalized spacial score (nSPS) is 11.9. The first kappa shape index (κ1) is 10.5. The molecule has 2 aromatic rings. The number of nitrogen functional groups attached to an aromatic ring is 1. The van der Waals surface area contributed by atoms with Crippen LogP contribution in [0.1, 0.15) is 5.56 Å². The topological polar surface area (TPSA) is 60.4 Å². The number of pyridine rings is 1. The third-order valence-electron chi connectivity index (χ3n) is 2.01. The first-order chi connectivity index (χ1) is 7.38. The largest absolute Gasteiger partial charge is 0.417 e. The Hall–Kier alpha value is -2.05. The lowest BCUT2D eigenvalue weighted by molar-refractivity contribution is -0.137. The third kappa shape index (κ3) is 1.71. The molecule has 0 saturated heterocycles. The Labute approximate surface area is 87.1 Å². The van der Waals surface area contributed by atoms with E-state index in [9.17, 15) is 18.0 Å². The van der Waals surface area contributed by atoms with Crippen molar-refractivity contribution in [3.8, 4) is 0 Å². The predicted molar refractivity (Wildman–Crippen MR) is 50.9 cm³/mol. The van der Waals surface area contributed by atoms with Crippen molar-refractivity contribution in [2.75, 3.05) is 5.73 Å². The quantitative estimate of drug-likeness (QED) is 0.740. The Morgan fingerprint density at radius 2 is 2.00 bits per heavy atom. The maximum absolute atomic E-state index is 12.4. The summed E-state index contributed by atoms with van der Waals surface area (Å²) >= 11 is 0. The van der Waals surface area contributed by atoms with E-state index in [2.05, 4.69) is 4.98 Å². The molecule has 0 atom stereocenters. The van der Waals surface area contributed by atoms with E-state index in [0.717, 1.165) is 22.6 Å². The fourth-order valence-corrected chi connectivity index (χ4v) is 1.29. The first-order valence-corrected chi connectivity index (χ1v) is 4.24. The Kier molecular flexibility index (Phi) is 2.11. The molecule has 7 heteroatoms. The Morgan fingerprint density at radius 3 is 2.62 bits per heavy atom. The number of fused-ring (bicyclic) bond motifs is 1. The summed E-state index contributed by atoms with van der Waals surface area (Å²) in [5, 5.41) is 0. The smallest absolute Gasteiger partial charge is 0.383 e. The third-order valence-corrected chi connectivity index (χ3v) is 2.01. The second-order valence-electron chi connectivity index (χ2n) is 3.16. The molecule has 0 amide bonds. The minimum Gasteiger partial charge on any atom is -0.383 e. The van der Waals surface area contributed by atoms with E-state index in [0.29, 0.717) is 6.20 Å². The fourth-order valence-electron chi connectivity index (χ4n) is 1.29. The molecule has 4 nitrogen and oxygen atoms in total. The van der Waals surface area contributed by atoms with Gasteiger partial charge in [0, 0.05) is 12.3 Å². The number of hydrogen-bond acceptors (Lipinski definition) is 3. The van der Waals surface area contributed by atoms with Gasteiger partial charge in [-0.05, 0) is 12.1 Å². The summed E-state index contributed by atoms with van der Waals surface area (Å²) in [5.74, 6) is -0.0234. The summed E-state index contributed by atoms with van der Waals surface area (Å²) in [6.45, 7) is 0. The van der Waals surface area contributed by atoms with Gasteiger partial charge in [0.2, 0.25) is 0 Å². The molecule has 0 bridgehead atoms. The standard InChI is InChI=1S/C9H6F3N3O/c10-9(11,12)5-1-2-7-14-6(13)3-8(16)15(7)4-5/h1-4H,13H2. The van der Waals surface area contributed by atoms with Crippen LogP contribution in [0, 0.1) is 0 Å². The molecular formula is C9H6F3N3O. The van der Waals surface area contributed by atoms with E-state index in [1.807, 2.05) is 0 Å². The van der Waals surface area contributed by atoms with Gasteiger partial charge in [-0.15, -0.1) is 0 Å². The van der Waals surface area contributed by atoms with Gasteiger partial charge >= 0.3 is 6.18 Å². The minimum absolute atomic E-state index is 0.0234. The van der Waals surface area contributed by atoms with Crippen LogP contribution in [0.3, 0.4) is 0 Å². The molecule has 0 aromatic carbocycles. The molecular weight excluding hydrogens is 223 g/mol. The van der Waals surface area contributed by atoms with Crippen LogP contribution in [0.25, 0.3) is 5.65 Å². The lowest BCUT2D eigenvalue weighted by atomic mass is 10.3. The molecule has 2 N–H and O–H groups in total. The minimum atomic E-state index is -4.49. The molecule has 0 spiro atoms. The summed E-state index contributed by atoms with van der Waals surface area (Å²) in [6, 6.07) is 2.91. The number of aromatic nitrogens is 2. The van der Waals surface area contributed by atoms with Gasteiger partial charge < -0.3 is 5.73 Å². The van der Waals surface area contributed by atoms with Gasteiger partial charge in [-0.3, -0.25) is 9.20 Å². The lowest BCUT2D eigenvalue weighted by Crippen LogP contribution is -2.17. The molecule has 2 aromatic heterocycles. The van der Waals surface area contributed by atoms with Gasteiger partial charge in [-0.25, -0.2) is 4.98 Å². The zero-order valence-corrected chi connectivity index (χ0v) is 7.82. The van der Waals surface area contributed by atoms with Crippen molar-refractivity contribution in [3.05, 3.63) is 40.3 Å². The van der Waals surface area contributed by atoms with Crippen LogP contribution in [0.15, 0.2) is 29.2 Å². The van der Waals surface area contributed by atoms with Gasteiger partial charge in [-0.2, -0.15) is 13.2 Å². The molecule has 0 fully saturated rings.